The first-order valence-corrected chi connectivity index (χ1v) is 9.30. The lowest BCUT2D eigenvalue weighted by Crippen LogP contribution is -2.46. The molecular weight excluding hydrogens is 328 g/mol. The Morgan fingerprint density at radius 3 is 2.79 bits per heavy atom. The van der Waals surface area contributed by atoms with Gasteiger partial charge in [0.1, 0.15) is 6.04 Å². The first-order valence-electron chi connectivity index (χ1n) is 7.86. The topological polar surface area (TPSA) is 95.2 Å². The molecule has 1 aromatic heterocycles. The van der Waals surface area contributed by atoms with Gasteiger partial charge in [0.15, 0.2) is 0 Å². The van der Waals surface area contributed by atoms with Gasteiger partial charge in [0.25, 0.3) is 0 Å². The molecule has 7 nitrogen and oxygen atoms in total. The smallest absolute Gasteiger partial charge is 0.243 e. The fourth-order valence-electron chi connectivity index (χ4n) is 2.91. The number of hydrogen-bond donors (Lipinski definition) is 2. The summed E-state index contributed by atoms with van der Waals surface area (Å²) >= 11 is 0. The standard InChI is InChI=1S/C16H20N4O3S/c1-12(13-10-17-18-11-13)19-16(21)15-8-5-9-20(15)24(22,23)14-6-3-2-4-7-14/h2-4,6-7,10-12,15H,5,8-9H2,1H3,(H,17,18)(H,19,21). The molecule has 1 fully saturated rings. The van der Waals surface area contributed by atoms with Crippen LogP contribution in [0.15, 0.2) is 47.6 Å². The zero-order valence-electron chi connectivity index (χ0n) is 13.3. The van der Waals surface area contributed by atoms with E-state index in [-0.39, 0.29) is 16.8 Å². The van der Waals surface area contributed by atoms with Crippen molar-refractivity contribution < 1.29 is 13.2 Å². The van der Waals surface area contributed by atoms with E-state index in [1.807, 2.05) is 6.92 Å². The van der Waals surface area contributed by atoms with Crippen LogP contribution in [0.25, 0.3) is 0 Å². The van der Waals surface area contributed by atoms with Crippen molar-refractivity contribution >= 4 is 15.9 Å². The summed E-state index contributed by atoms with van der Waals surface area (Å²) in [6, 6.07) is 7.31. The van der Waals surface area contributed by atoms with Crippen molar-refractivity contribution in [1.82, 2.24) is 19.8 Å². The second-order valence-electron chi connectivity index (χ2n) is 5.85. The van der Waals surface area contributed by atoms with Gasteiger partial charge < -0.3 is 5.32 Å². The molecule has 2 atom stereocenters. The summed E-state index contributed by atoms with van der Waals surface area (Å²) < 4.78 is 26.9. The Kier molecular flexibility index (Phi) is 4.68. The van der Waals surface area contributed by atoms with Crippen molar-refractivity contribution in [3.05, 3.63) is 48.3 Å². The number of nitrogens with one attached hydrogen (secondary N) is 2. The third kappa shape index (κ3) is 3.20. The lowest BCUT2D eigenvalue weighted by Gasteiger charge is -2.24. The second kappa shape index (κ2) is 6.74. The van der Waals surface area contributed by atoms with Crippen molar-refractivity contribution in [3.8, 4) is 0 Å². The van der Waals surface area contributed by atoms with Gasteiger partial charge in [-0.2, -0.15) is 9.40 Å². The van der Waals surface area contributed by atoms with Gasteiger partial charge in [-0.25, -0.2) is 8.42 Å². The Bertz CT molecular complexity index is 790. The summed E-state index contributed by atoms with van der Waals surface area (Å²) in [6.45, 7) is 2.20. The van der Waals surface area contributed by atoms with E-state index in [1.54, 1.807) is 42.7 Å². The van der Waals surface area contributed by atoms with E-state index < -0.39 is 16.1 Å². The number of benzene rings is 1. The quantitative estimate of drug-likeness (QED) is 0.855. The summed E-state index contributed by atoms with van der Waals surface area (Å²) in [5.41, 5.74) is 0.846. The average Bonchev–Trinajstić information content (AvgIpc) is 3.27. The number of rotatable bonds is 5. The molecule has 2 unspecified atom stereocenters. The van der Waals surface area contributed by atoms with Crippen LogP contribution in [0.5, 0.6) is 0 Å². The third-order valence-electron chi connectivity index (χ3n) is 4.23. The molecule has 1 amide bonds. The minimum atomic E-state index is -3.67. The molecule has 3 rings (SSSR count). The van der Waals surface area contributed by atoms with Gasteiger partial charge in [-0.1, -0.05) is 18.2 Å². The summed E-state index contributed by atoms with van der Waals surface area (Å²) in [5, 5.41) is 9.43. The highest BCUT2D eigenvalue weighted by Gasteiger charge is 2.39. The van der Waals surface area contributed by atoms with Gasteiger partial charge in [-0.15, -0.1) is 0 Å². The molecule has 24 heavy (non-hydrogen) atoms. The highest BCUT2D eigenvalue weighted by Crippen LogP contribution is 2.26. The highest BCUT2D eigenvalue weighted by atomic mass is 32.2. The minimum absolute atomic E-state index is 0.215. The van der Waals surface area contributed by atoms with E-state index in [0.29, 0.717) is 19.4 Å². The Hall–Kier alpha value is -2.19. The normalized spacial score (nSPS) is 20.0. The predicted octanol–water partition coefficient (Wildman–Crippen LogP) is 1.44. The van der Waals surface area contributed by atoms with E-state index in [9.17, 15) is 13.2 Å². The number of hydrogen-bond acceptors (Lipinski definition) is 4. The van der Waals surface area contributed by atoms with Gasteiger partial charge >= 0.3 is 0 Å². The Balaban J connectivity index is 1.77. The van der Waals surface area contributed by atoms with Crippen LogP contribution in [0.2, 0.25) is 0 Å². The fraction of sp³-hybridized carbons (Fsp3) is 0.375. The first kappa shape index (κ1) is 16.7. The van der Waals surface area contributed by atoms with E-state index in [1.165, 1.54) is 4.31 Å². The van der Waals surface area contributed by atoms with Crippen molar-refractivity contribution in [2.45, 2.75) is 36.7 Å². The second-order valence-corrected chi connectivity index (χ2v) is 7.74. The molecule has 0 radical (unpaired) electrons. The van der Waals surface area contributed by atoms with Crippen LogP contribution in [0, 0.1) is 0 Å². The van der Waals surface area contributed by atoms with Gasteiger partial charge in [-0.3, -0.25) is 9.89 Å². The number of amides is 1. The number of carbonyl (C=O) groups is 1. The van der Waals surface area contributed by atoms with Gasteiger partial charge in [0, 0.05) is 18.3 Å². The van der Waals surface area contributed by atoms with E-state index in [0.717, 1.165) is 5.56 Å². The Labute approximate surface area is 141 Å². The largest absolute Gasteiger partial charge is 0.348 e. The number of carbonyl (C=O) groups excluding carboxylic acids is 1. The molecule has 1 aromatic carbocycles. The molecule has 128 valence electrons. The summed E-state index contributed by atoms with van der Waals surface area (Å²) in [7, 11) is -3.67. The van der Waals surface area contributed by atoms with Crippen LogP contribution in [-0.2, 0) is 14.8 Å². The predicted molar refractivity (Wildman–Crippen MR) is 88.5 cm³/mol. The van der Waals surface area contributed by atoms with Crippen molar-refractivity contribution in [1.29, 1.82) is 0 Å². The molecule has 1 aliphatic heterocycles. The maximum Gasteiger partial charge on any atom is 0.243 e. The monoisotopic (exact) mass is 348 g/mol. The first-order chi connectivity index (χ1) is 11.5. The Morgan fingerprint density at radius 1 is 1.38 bits per heavy atom. The molecule has 0 bridgehead atoms. The summed E-state index contributed by atoms with van der Waals surface area (Å²) in [4.78, 5) is 12.8. The zero-order valence-corrected chi connectivity index (χ0v) is 14.2. The zero-order chi connectivity index (χ0) is 17.2. The van der Waals surface area contributed by atoms with Crippen molar-refractivity contribution in [2.75, 3.05) is 6.54 Å². The maximum atomic E-state index is 12.8. The molecule has 1 aliphatic rings. The fourth-order valence-corrected chi connectivity index (χ4v) is 4.59. The minimum Gasteiger partial charge on any atom is -0.348 e. The van der Waals surface area contributed by atoms with Crippen LogP contribution >= 0.6 is 0 Å². The van der Waals surface area contributed by atoms with E-state index >= 15 is 0 Å². The van der Waals surface area contributed by atoms with Gasteiger partial charge in [0.05, 0.1) is 17.1 Å². The van der Waals surface area contributed by atoms with E-state index in [2.05, 4.69) is 15.5 Å². The molecule has 8 heteroatoms. The molecule has 0 aliphatic carbocycles. The van der Waals surface area contributed by atoms with Crippen LogP contribution < -0.4 is 5.32 Å². The van der Waals surface area contributed by atoms with Gasteiger partial charge in [-0.05, 0) is 31.9 Å². The number of sulfonamides is 1. The average molecular weight is 348 g/mol. The maximum absolute atomic E-state index is 12.8. The number of aromatic amines is 1. The summed E-state index contributed by atoms with van der Waals surface area (Å²) in [6.07, 6.45) is 4.54. The highest BCUT2D eigenvalue weighted by molar-refractivity contribution is 7.89. The van der Waals surface area contributed by atoms with Crippen LogP contribution in [0.4, 0.5) is 0 Å². The molecular formula is C16H20N4O3S. The number of H-pyrrole nitrogens is 1. The molecule has 0 saturated carbocycles. The molecule has 1 saturated heterocycles. The Morgan fingerprint density at radius 2 is 2.12 bits per heavy atom. The van der Waals surface area contributed by atoms with Crippen molar-refractivity contribution in [3.63, 3.8) is 0 Å². The van der Waals surface area contributed by atoms with Crippen LogP contribution in [0.1, 0.15) is 31.4 Å². The lowest BCUT2D eigenvalue weighted by atomic mass is 10.1. The van der Waals surface area contributed by atoms with Gasteiger partial charge in [0.2, 0.25) is 15.9 Å². The van der Waals surface area contributed by atoms with E-state index in [4.69, 9.17) is 0 Å². The molecule has 2 aromatic rings. The molecule has 2 heterocycles. The third-order valence-corrected chi connectivity index (χ3v) is 6.16. The van der Waals surface area contributed by atoms with Crippen LogP contribution in [0.3, 0.4) is 0 Å². The SMILES string of the molecule is CC(NC(=O)C1CCCN1S(=O)(=O)c1ccccc1)c1cn[nH]c1. The number of aromatic nitrogens is 2. The lowest BCUT2D eigenvalue weighted by molar-refractivity contribution is -0.124. The molecule has 0 spiro atoms. The van der Waals surface area contributed by atoms with Crippen molar-refractivity contribution in [2.24, 2.45) is 0 Å². The van der Waals surface area contributed by atoms with Crippen LogP contribution in [-0.4, -0.2) is 41.4 Å². The summed E-state index contributed by atoms with van der Waals surface area (Å²) in [5.74, 6) is -0.277. The molecule has 2 N–H and O–H groups in total. The number of nitrogens with zero attached hydrogens (tertiary/aromatic N) is 2.